The Bertz CT molecular complexity index is 906. The molecular weight excluding hydrogens is 320 g/mol. The molecule has 0 bridgehead atoms. The summed E-state index contributed by atoms with van der Waals surface area (Å²) in [4.78, 5) is 16.7. The molecule has 4 rings (SSSR count). The number of carbonyl (C=O) groups is 1. The molecular formula is C23H24N2O. The Morgan fingerprint density at radius 3 is 2.38 bits per heavy atom. The van der Waals surface area contributed by atoms with Gasteiger partial charge in [0.1, 0.15) is 0 Å². The molecule has 0 atom stereocenters. The van der Waals surface area contributed by atoms with Gasteiger partial charge in [-0.2, -0.15) is 0 Å². The van der Waals surface area contributed by atoms with E-state index < -0.39 is 0 Å². The maximum atomic E-state index is 12.5. The lowest BCUT2D eigenvalue weighted by Gasteiger charge is -2.22. The van der Waals surface area contributed by atoms with Crippen LogP contribution in [-0.2, 0) is 6.54 Å². The molecule has 0 aromatic heterocycles. The lowest BCUT2D eigenvalue weighted by Crippen LogP contribution is -2.27. The lowest BCUT2D eigenvalue weighted by atomic mass is 10.1. The summed E-state index contributed by atoms with van der Waals surface area (Å²) in [5.41, 5.74) is 3.22. The average molecular weight is 344 g/mol. The highest BCUT2D eigenvalue weighted by molar-refractivity contribution is 5.95. The summed E-state index contributed by atoms with van der Waals surface area (Å²) in [7, 11) is 2.12. The standard InChI is InChI=1S/C23H24N2O/c1-24(22-10-6-8-19-7-2-3-9-21(19)22)17-18-11-13-20(14-12-18)23(26)25-15-4-5-16-25/h2-3,6-14H,4-5,15-17H2,1H3. The van der Waals surface area contributed by atoms with Crippen molar-refractivity contribution in [2.45, 2.75) is 19.4 Å². The van der Waals surface area contributed by atoms with Crippen molar-refractivity contribution in [3.63, 3.8) is 0 Å². The maximum Gasteiger partial charge on any atom is 0.253 e. The first-order valence-corrected chi connectivity index (χ1v) is 9.29. The molecule has 26 heavy (non-hydrogen) atoms. The molecule has 1 fully saturated rings. The molecule has 1 saturated heterocycles. The summed E-state index contributed by atoms with van der Waals surface area (Å²) in [6, 6.07) is 23.0. The largest absolute Gasteiger partial charge is 0.370 e. The predicted octanol–water partition coefficient (Wildman–Crippen LogP) is 4.71. The Morgan fingerprint density at radius 2 is 1.62 bits per heavy atom. The first-order valence-electron chi connectivity index (χ1n) is 9.29. The fourth-order valence-electron chi connectivity index (χ4n) is 3.76. The Kier molecular flexibility index (Phi) is 4.61. The van der Waals surface area contributed by atoms with Crippen LogP contribution in [0, 0.1) is 0 Å². The molecule has 1 aliphatic rings. The molecule has 0 saturated carbocycles. The van der Waals surface area contributed by atoms with Gasteiger partial charge < -0.3 is 9.80 Å². The third-order valence-corrected chi connectivity index (χ3v) is 5.19. The molecule has 132 valence electrons. The molecule has 0 aliphatic carbocycles. The molecule has 3 aromatic carbocycles. The second-order valence-corrected chi connectivity index (χ2v) is 7.05. The number of anilines is 1. The quantitative estimate of drug-likeness (QED) is 0.684. The number of nitrogens with zero attached hydrogens (tertiary/aromatic N) is 2. The van der Waals surface area contributed by atoms with E-state index in [0.29, 0.717) is 0 Å². The van der Waals surface area contributed by atoms with E-state index >= 15 is 0 Å². The summed E-state index contributed by atoms with van der Waals surface area (Å²) >= 11 is 0. The van der Waals surface area contributed by atoms with Crippen molar-refractivity contribution < 1.29 is 4.79 Å². The predicted molar refractivity (Wildman–Crippen MR) is 108 cm³/mol. The number of hydrogen-bond acceptors (Lipinski definition) is 2. The van der Waals surface area contributed by atoms with Crippen molar-refractivity contribution in [1.29, 1.82) is 0 Å². The fourth-order valence-corrected chi connectivity index (χ4v) is 3.76. The SMILES string of the molecule is CN(Cc1ccc(C(=O)N2CCCC2)cc1)c1cccc2ccccc12. The van der Waals surface area contributed by atoms with Gasteiger partial charge in [0, 0.05) is 43.3 Å². The topological polar surface area (TPSA) is 23.6 Å². The van der Waals surface area contributed by atoms with Crippen LogP contribution >= 0.6 is 0 Å². The van der Waals surface area contributed by atoms with E-state index in [9.17, 15) is 4.79 Å². The van der Waals surface area contributed by atoms with Gasteiger partial charge in [-0.15, -0.1) is 0 Å². The van der Waals surface area contributed by atoms with Crippen LogP contribution in [0.1, 0.15) is 28.8 Å². The van der Waals surface area contributed by atoms with Crippen LogP contribution < -0.4 is 4.90 Å². The smallest absolute Gasteiger partial charge is 0.253 e. The van der Waals surface area contributed by atoms with Gasteiger partial charge in [-0.25, -0.2) is 0 Å². The second-order valence-electron chi connectivity index (χ2n) is 7.05. The molecule has 3 aromatic rings. The van der Waals surface area contributed by atoms with Gasteiger partial charge in [0.2, 0.25) is 0 Å². The van der Waals surface area contributed by atoms with Gasteiger partial charge in [0.15, 0.2) is 0 Å². The first-order chi connectivity index (χ1) is 12.7. The fraction of sp³-hybridized carbons (Fsp3) is 0.261. The van der Waals surface area contributed by atoms with E-state index in [4.69, 9.17) is 0 Å². The van der Waals surface area contributed by atoms with Crippen LogP contribution in [0.3, 0.4) is 0 Å². The molecule has 1 aliphatic heterocycles. The summed E-state index contributed by atoms with van der Waals surface area (Å²) in [6.07, 6.45) is 2.25. The molecule has 1 amide bonds. The van der Waals surface area contributed by atoms with Gasteiger partial charge in [-0.1, -0.05) is 48.5 Å². The molecule has 0 spiro atoms. The second kappa shape index (κ2) is 7.20. The highest BCUT2D eigenvalue weighted by atomic mass is 16.2. The highest BCUT2D eigenvalue weighted by Gasteiger charge is 2.19. The Hall–Kier alpha value is -2.81. The van der Waals surface area contributed by atoms with Crippen LogP contribution in [0.4, 0.5) is 5.69 Å². The maximum absolute atomic E-state index is 12.5. The molecule has 3 nitrogen and oxygen atoms in total. The van der Waals surface area contributed by atoms with Crippen LogP contribution in [0.2, 0.25) is 0 Å². The Balaban J connectivity index is 1.50. The minimum atomic E-state index is 0.163. The van der Waals surface area contributed by atoms with Crippen molar-refractivity contribution in [3.8, 4) is 0 Å². The zero-order valence-electron chi connectivity index (χ0n) is 15.2. The number of carbonyl (C=O) groups excluding carboxylic acids is 1. The van der Waals surface area contributed by atoms with Crippen molar-refractivity contribution in [3.05, 3.63) is 77.9 Å². The summed E-state index contributed by atoms with van der Waals surface area (Å²) in [5, 5.41) is 2.52. The molecule has 0 unspecified atom stereocenters. The third-order valence-electron chi connectivity index (χ3n) is 5.19. The number of hydrogen-bond donors (Lipinski definition) is 0. The number of amides is 1. The number of likely N-dealkylation sites (tertiary alicyclic amines) is 1. The van der Waals surface area contributed by atoms with E-state index in [0.717, 1.165) is 38.0 Å². The number of rotatable bonds is 4. The van der Waals surface area contributed by atoms with Gasteiger partial charge >= 0.3 is 0 Å². The van der Waals surface area contributed by atoms with Crippen LogP contribution in [0.25, 0.3) is 10.8 Å². The van der Waals surface area contributed by atoms with E-state index in [2.05, 4.69) is 66.5 Å². The summed E-state index contributed by atoms with van der Waals surface area (Å²) in [6.45, 7) is 2.60. The number of fused-ring (bicyclic) bond motifs is 1. The lowest BCUT2D eigenvalue weighted by molar-refractivity contribution is 0.0793. The Morgan fingerprint density at radius 1 is 0.923 bits per heavy atom. The van der Waals surface area contributed by atoms with Crippen molar-refractivity contribution in [1.82, 2.24) is 4.90 Å². The zero-order valence-corrected chi connectivity index (χ0v) is 15.2. The molecule has 0 radical (unpaired) electrons. The summed E-state index contributed by atoms with van der Waals surface area (Å²) in [5.74, 6) is 0.163. The molecule has 1 heterocycles. The molecule has 3 heteroatoms. The van der Waals surface area contributed by atoms with Crippen LogP contribution in [-0.4, -0.2) is 30.9 Å². The van der Waals surface area contributed by atoms with E-state index in [1.807, 2.05) is 17.0 Å². The van der Waals surface area contributed by atoms with Gasteiger partial charge in [-0.05, 0) is 42.0 Å². The first kappa shape index (κ1) is 16.6. The number of benzene rings is 3. The molecule has 0 N–H and O–H groups in total. The minimum Gasteiger partial charge on any atom is -0.370 e. The van der Waals surface area contributed by atoms with Crippen molar-refractivity contribution in [2.24, 2.45) is 0 Å². The van der Waals surface area contributed by atoms with Crippen molar-refractivity contribution in [2.75, 3.05) is 25.0 Å². The highest BCUT2D eigenvalue weighted by Crippen LogP contribution is 2.27. The normalized spacial score (nSPS) is 14.0. The average Bonchev–Trinajstić information content (AvgIpc) is 3.22. The third kappa shape index (κ3) is 3.30. The zero-order chi connectivity index (χ0) is 17.9. The summed E-state index contributed by atoms with van der Waals surface area (Å²) < 4.78 is 0. The Labute approximate surface area is 154 Å². The van der Waals surface area contributed by atoms with Gasteiger partial charge in [-0.3, -0.25) is 4.79 Å². The monoisotopic (exact) mass is 344 g/mol. The van der Waals surface area contributed by atoms with Crippen molar-refractivity contribution >= 4 is 22.4 Å². The van der Waals surface area contributed by atoms with Crippen LogP contribution in [0.5, 0.6) is 0 Å². The van der Waals surface area contributed by atoms with E-state index in [1.54, 1.807) is 0 Å². The van der Waals surface area contributed by atoms with Gasteiger partial charge in [0.25, 0.3) is 5.91 Å². The van der Waals surface area contributed by atoms with E-state index in [-0.39, 0.29) is 5.91 Å². The van der Waals surface area contributed by atoms with Gasteiger partial charge in [0.05, 0.1) is 0 Å². The van der Waals surface area contributed by atoms with E-state index in [1.165, 1.54) is 22.0 Å². The van der Waals surface area contributed by atoms with Crippen LogP contribution in [0.15, 0.2) is 66.7 Å². The minimum absolute atomic E-state index is 0.163.